The first kappa shape index (κ1) is 11.5. The molecule has 0 aliphatic carbocycles. The number of carbonyl (C=O) groups is 1. The third kappa shape index (κ3) is 2.58. The predicted octanol–water partition coefficient (Wildman–Crippen LogP) is 3.27. The Labute approximate surface area is 106 Å². The van der Waals surface area contributed by atoms with Gasteiger partial charge in [-0.05, 0) is 29.2 Å². The molecule has 1 aromatic carbocycles. The van der Waals surface area contributed by atoms with E-state index in [1.807, 2.05) is 0 Å². The van der Waals surface area contributed by atoms with Crippen LogP contribution in [-0.4, -0.2) is 15.4 Å². The zero-order chi connectivity index (χ0) is 11.5. The van der Waals surface area contributed by atoms with Gasteiger partial charge in [0.2, 0.25) is 0 Å². The number of aromatic nitrogens is 2. The lowest BCUT2D eigenvalue weighted by atomic mass is 10.1. The van der Waals surface area contributed by atoms with E-state index in [4.69, 9.17) is 23.2 Å². The van der Waals surface area contributed by atoms with Crippen LogP contribution in [0.25, 0.3) is 0 Å². The molecule has 3 nitrogen and oxygen atoms in total. The Hall–Kier alpha value is -0.970. The van der Waals surface area contributed by atoms with Gasteiger partial charge in [-0.2, -0.15) is 0 Å². The first-order chi connectivity index (χ1) is 7.66. The Bertz CT molecular complexity index is 514. The number of benzene rings is 1. The summed E-state index contributed by atoms with van der Waals surface area (Å²) in [5.41, 5.74) is 0.827. The molecule has 0 aliphatic heterocycles. The molecule has 2 aromatic rings. The van der Waals surface area contributed by atoms with Gasteiger partial charge in [0.25, 0.3) is 0 Å². The summed E-state index contributed by atoms with van der Waals surface area (Å²) in [7, 11) is 0. The highest BCUT2D eigenvalue weighted by atomic mass is 35.5. The van der Waals surface area contributed by atoms with Crippen molar-refractivity contribution in [2.24, 2.45) is 0 Å². The maximum atomic E-state index is 11.7. The van der Waals surface area contributed by atoms with E-state index >= 15 is 0 Å². The van der Waals surface area contributed by atoms with Gasteiger partial charge >= 0.3 is 0 Å². The largest absolute Gasteiger partial charge is 0.293 e. The molecule has 0 saturated heterocycles. The second-order valence-corrected chi connectivity index (χ2v) is 4.73. The van der Waals surface area contributed by atoms with E-state index in [1.54, 1.807) is 18.2 Å². The monoisotopic (exact) mass is 272 g/mol. The third-order valence-electron chi connectivity index (χ3n) is 1.98. The summed E-state index contributed by atoms with van der Waals surface area (Å²) >= 11 is 12.7. The minimum atomic E-state index is -0.0200. The van der Waals surface area contributed by atoms with Crippen LogP contribution in [-0.2, 0) is 6.42 Å². The minimum absolute atomic E-state index is 0.0200. The van der Waals surface area contributed by atoms with Crippen molar-refractivity contribution in [2.45, 2.75) is 6.42 Å². The lowest BCUT2D eigenvalue weighted by Gasteiger charge is -2.00. The molecule has 2 rings (SSSR count). The number of rotatable bonds is 3. The molecular formula is C10H6Cl2N2OS. The van der Waals surface area contributed by atoms with Crippen LogP contribution in [0.15, 0.2) is 24.4 Å². The van der Waals surface area contributed by atoms with E-state index in [9.17, 15) is 4.79 Å². The lowest BCUT2D eigenvalue weighted by Crippen LogP contribution is -2.01. The molecule has 0 bridgehead atoms. The van der Waals surface area contributed by atoms with Crippen molar-refractivity contribution in [1.29, 1.82) is 0 Å². The van der Waals surface area contributed by atoms with Gasteiger partial charge in [0, 0.05) is 6.42 Å². The van der Waals surface area contributed by atoms with Gasteiger partial charge in [0.05, 0.1) is 16.2 Å². The maximum absolute atomic E-state index is 11.7. The Morgan fingerprint density at radius 3 is 2.75 bits per heavy atom. The van der Waals surface area contributed by atoms with Gasteiger partial charge < -0.3 is 0 Å². The Morgan fingerprint density at radius 1 is 1.31 bits per heavy atom. The number of hydrogen-bond acceptors (Lipinski definition) is 4. The SMILES string of the molecule is O=C(Cc1ccc(Cl)c(Cl)c1)c1cnns1. The molecule has 0 N–H and O–H groups in total. The molecular weight excluding hydrogens is 267 g/mol. The van der Waals surface area contributed by atoms with Crippen molar-refractivity contribution in [3.8, 4) is 0 Å². The number of halogens is 2. The molecule has 0 unspecified atom stereocenters. The number of ketones is 1. The van der Waals surface area contributed by atoms with Crippen molar-refractivity contribution in [2.75, 3.05) is 0 Å². The molecule has 0 fully saturated rings. The van der Waals surface area contributed by atoms with E-state index < -0.39 is 0 Å². The molecule has 0 amide bonds. The molecule has 0 saturated carbocycles. The lowest BCUT2D eigenvalue weighted by molar-refractivity contribution is 0.0996. The summed E-state index contributed by atoms with van der Waals surface area (Å²) in [6, 6.07) is 5.15. The molecule has 0 spiro atoms. The molecule has 0 aliphatic rings. The van der Waals surface area contributed by atoms with E-state index in [1.165, 1.54) is 6.20 Å². The van der Waals surface area contributed by atoms with Crippen LogP contribution in [0.5, 0.6) is 0 Å². The normalized spacial score (nSPS) is 10.4. The highest BCUT2D eigenvalue weighted by molar-refractivity contribution is 7.07. The third-order valence-corrected chi connectivity index (χ3v) is 3.43. The smallest absolute Gasteiger partial charge is 0.180 e. The first-order valence-electron chi connectivity index (χ1n) is 4.41. The highest BCUT2D eigenvalue weighted by Gasteiger charge is 2.10. The number of hydrogen-bond donors (Lipinski definition) is 0. The van der Waals surface area contributed by atoms with E-state index in [2.05, 4.69) is 9.59 Å². The zero-order valence-corrected chi connectivity index (χ0v) is 10.3. The standard InChI is InChI=1S/C10H6Cl2N2OS/c11-7-2-1-6(3-8(7)12)4-9(15)10-5-13-14-16-10/h1-3,5H,4H2. The Morgan fingerprint density at radius 2 is 2.12 bits per heavy atom. The molecule has 0 atom stereocenters. The summed E-state index contributed by atoms with van der Waals surface area (Å²) < 4.78 is 3.64. The fourth-order valence-electron chi connectivity index (χ4n) is 1.21. The first-order valence-corrected chi connectivity index (χ1v) is 5.94. The second kappa shape index (κ2) is 4.91. The summed E-state index contributed by atoms with van der Waals surface area (Å²) in [4.78, 5) is 12.3. The van der Waals surface area contributed by atoms with E-state index in [0.717, 1.165) is 17.1 Å². The van der Waals surface area contributed by atoms with Crippen LogP contribution >= 0.6 is 34.7 Å². The van der Waals surface area contributed by atoms with Crippen molar-refractivity contribution in [3.63, 3.8) is 0 Å². The average Bonchev–Trinajstić information content (AvgIpc) is 2.77. The van der Waals surface area contributed by atoms with Gasteiger partial charge in [-0.15, -0.1) is 5.10 Å². The van der Waals surface area contributed by atoms with Gasteiger partial charge in [-0.3, -0.25) is 4.79 Å². The molecule has 0 radical (unpaired) electrons. The summed E-state index contributed by atoms with van der Waals surface area (Å²) in [6.45, 7) is 0. The van der Waals surface area contributed by atoms with E-state index in [0.29, 0.717) is 14.9 Å². The van der Waals surface area contributed by atoms with Crippen molar-refractivity contribution >= 4 is 40.5 Å². The average molecular weight is 273 g/mol. The Balaban J connectivity index is 2.15. The van der Waals surface area contributed by atoms with E-state index in [-0.39, 0.29) is 12.2 Å². The highest BCUT2D eigenvalue weighted by Crippen LogP contribution is 2.23. The van der Waals surface area contributed by atoms with Gasteiger partial charge in [-0.1, -0.05) is 33.8 Å². The van der Waals surface area contributed by atoms with Gasteiger partial charge in [0.15, 0.2) is 5.78 Å². The van der Waals surface area contributed by atoms with Crippen LogP contribution in [0, 0.1) is 0 Å². The summed E-state index contributed by atoms with van der Waals surface area (Å²) in [5.74, 6) is -0.0200. The van der Waals surface area contributed by atoms with Gasteiger partial charge in [-0.25, -0.2) is 0 Å². The maximum Gasteiger partial charge on any atom is 0.180 e. The van der Waals surface area contributed by atoms with Crippen molar-refractivity contribution in [1.82, 2.24) is 9.59 Å². The summed E-state index contributed by atoms with van der Waals surface area (Å²) in [6.07, 6.45) is 1.74. The fraction of sp³-hybridized carbons (Fsp3) is 0.100. The number of Topliss-reactive ketones (excluding diaryl/α,β-unsaturated/α-hetero) is 1. The molecule has 16 heavy (non-hydrogen) atoms. The topological polar surface area (TPSA) is 42.9 Å². The zero-order valence-electron chi connectivity index (χ0n) is 7.98. The van der Waals surface area contributed by atoms with Crippen LogP contribution in [0.2, 0.25) is 10.0 Å². The molecule has 1 heterocycles. The van der Waals surface area contributed by atoms with Crippen molar-refractivity contribution < 1.29 is 4.79 Å². The minimum Gasteiger partial charge on any atom is -0.293 e. The van der Waals surface area contributed by atoms with Crippen molar-refractivity contribution in [3.05, 3.63) is 44.9 Å². The van der Waals surface area contributed by atoms with Gasteiger partial charge in [0.1, 0.15) is 4.88 Å². The molecule has 82 valence electrons. The molecule has 1 aromatic heterocycles. The number of carbonyl (C=O) groups excluding carboxylic acids is 1. The fourth-order valence-corrected chi connectivity index (χ4v) is 1.98. The van der Waals surface area contributed by atoms with Crippen LogP contribution in [0.3, 0.4) is 0 Å². The molecule has 6 heteroatoms. The number of nitrogens with zero attached hydrogens (tertiary/aromatic N) is 2. The quantitative estimate of drug-likeness (QED) is 0.806. The second-order valence-electron chi connectivity index (χ2n) is 3.13. The van der Waals surface area contributed by atoms with Crippen LogP contribution in [0.1, 0.15) is 15.2 Å². The summed E-state index contributed by atoms with van der Waals surface area (Å²) in [5, 5.41) is 4.55. The predicted molar refractivity (Wildman–Crippen MR) is 64.4 cm³/mol. The van der Waals surface area contributed by atoms with Crippen LogP contribution < -0.4 is 0 Å². The Kier molecular flexibility index (Phi) is 3.53. The van der Waals surface area contributed by atoms with Crippen LogP contribution in [0.4, 0.5) is 0 Å².